The van der Waals surface area contributed by atoms with Crippen LogP contribution < -0.4 is 32.3 Å². The molecule has 3 aromatic carbocycles. The number of carbonyl (C=O) groups excluding carboxylic acids is 8. The van der Waals surface area contributed by atoms with Gasteiger partial charge in [-0.05, 0) is 153 Å². The van der Waals surface area contributed by atoms with Crippen molar-refractivity contribution in [2.45, 2.75) is 149 Å². The van der Waals surface area contributed by atoms with E-state index in [1.807, 2.05) is 35.9 Å². The summed E-state index contributed by atoms with van der Waals surface area (Å²) in [6.07, 6.45) is 11.7. The fourth-order valence-electron chi connectivity index (χ4n) is 16.2. The molecule has 27 nitrogen and oxygen atoms in total. The van der Waals surface area contributed by atoms with E-state index in [1.54, 1.807) is 86.9 Å². The van der Waals surface area contributed by atoms with Gasteiger partial charge in [0.2, 0.25) is 17.7 Å². The third kappa shape index (κ3) is 17.3. The molecule has 12 rings (SSSR count). The minimum Gasteiger partial charge on any atom is -0.481 e. The van der Waals surface area contributed by atoms with Crippen LogP contribution in [-0.4, -0.2) is 155 Å². The average molecular weight is 1410 g/mol. The van der Waals surface area contributed by atoms with Gasteiger partial charge in [-0.1, -0.05) is 75.8 Å². The number of thiazole rings is 1. The molecule has 5 aliphatic rings. The van der Waals surface area contributed by atoms with Crippen molar-refractivity contribution in [2.24, 2.45) is 27.9 Å². The smallest absolute Gasteiger partial charge is 0.410 e. The van der Waals surface area contributed by atoms with Gasteiger partial charge in [-0.2, -0.15) is 5.10 Å². The van der Waals surface area contributed by atoms with Crippen LogP contribution in [0.5, 0.6) is 0 Å². The Morgan fingerprint density at radius 1 is 0.755 bits per heavy atom. The molecule has 4 aliphatic carbocycles. The fourth-order valence-corrected chi connectivity index (χ4v) is 17.0. The number of nitrogens with zero attached hydrogens (tertiary/aromatic N) is 7. The Morgan fingerprint density at radius 2 is 1.49 bits per heavy atom. The van der Waals surface area contributed by atoms with Crippen LogP contribution in [0.2, 0.25) is 0 Å². The van der Waals surface area contributed by atoms with E-state index in [4.69, 9.17) is 25.3 Å². The lowest BCUT2D eigenvalue weighted by Crippen LogP contribution is -2.64. The number of amides is 9. The van der Waals surface area contributed by atoms with Gasteiger partial charge in [-0.3, -0.25) is 53.4 Å². The van der Waals surface area contributed by atoms with E-state index < -0.39 is 53.6 Å². The molecule has 5 heterocycles. The highest BCUT2D eigenvalue weighted by molar-refractivity contribution is 7.22. The molecule has 1 aliphatic heterocycles. The predicted molar refractivity (Wildman–Crippen MR) is 379 cm³/mol. The lowest BCUT2D eigenvalue weighted by Gasteiger charge is -2.69. The minimum absolute atomic E-state index is 0.0503. The number of nitrogens with one attached hydrogen (secondary N) is 5. The molecular weight excluding hydrogens is 1330 g/mol. The summed E-state index contributed by atoms with van der Waals surface area (Å²) in [5.74, 6) is -5.38. The molecule has 0 radical (unpaired) electrons. The Hall–Kier alpha value is -10.5. The Morgan fingerprint density at radius 3 is 2.20 bits per heavy atom. The van der Waals surface area contributed by atoms with Crippen molar-refractivity contribution in [2.75, 3.05) is 43.4 Å². The van der Waals surface area contributed by atoms with Gasteiger partial charge in [0.05, 0.1) is 46.3 Å². The molecule has 0 saturated heterocycles. The van der Waals surface area contributed by atoms with Gasteiger partial charge in [0, 0.05) is 96.5 Å². The summed E-state index contributed by atoms with van der Waals surface area (Å²) in [5.41, 5.74) is 9.35. The van der Waals surface area contributed by atoms with Crippen LogP contribution in [0.15, 0.2) is 109 Å². The van der Waals surface area contributed by atoms with Crippen molar-refractivity contribution in [3.05, 3.63) is 132 Å². The van der Waals surface area contributed by atoms with E-state index in [2.05, 4.69) is 50.4 Å². The summed E-state index contributed by atoms with van der Waals surface area (Å²) in [6.45, 7) is 10.8. The average Bonchev–Trinajstić information content (AvgIpc) is 0.790. The highest BCUT2D eigenvalue weighted by Crippen LogP contribution is 2.72. The number of urea groups is 1. The van der Waals surface area contributed by atoms with E-state index in [0.29, 0.717) is 87.5 Å². The van der Waals surface area contributed by atoms with Crippen LogP contribution >= 0.6 is 11.3 Å². The molecule has 3 unspecified atom stereocenters. The van der Waals surface area contributed by atoms with Gasteiger partial charge in [0.25, 0.3) is 17.7 Å². The number of fused-ring (bicyclic) bond motifs is 2. The molecule has 0 spiro atoms. The van der Waals surface area contributed by atoms with Gasteiger partial charge >= 0.3 is 24.1 Å². The van der Waals surface area contributed by atoms with Crippen LogP contribution in [0.3, 0.4) is 0 Å². The van der Waals surface area contributed by atoms with Crippen molar-refractivity contribution in [1.82, 2.24) is 50.5 Å². The van der Waals surface area contributed by atoms with Crippen molar-refractivity contribution >= 4 is 103 Å². The van der Waals surface area contributed by atoms with Crippen molar-refractivity contribution < 1.29 is 67.6 Å². The Labute approximate surface area is 592 Å². The monoisotopic (exact) mass is 1410 g/mol. The lowest BCUT2D eigenvalue weighted by molar-refractivity contribution is -0.248. The first kappa shape index (κ1) is 72.8. The molecule has 28 heteroatoms. The normalized spacial score (nSPS) is 20.2. The number of anilines is 2. The van der Waals surface area contributed by atoms with Crippen molar-refractivity contribution in [3.63, 3.8) is 0 Å². The zero-order valence-corrected chi connectivity index (χ0v) is 58.5. The van der Waals surface area contributed by atoms with Gasteiger partial charge in [0.1, 0.15) is 18.7 Å². The summed E-state index contributed by atoms with van der Waals surface area (Å²) in [4.78, 5) is 145. The van der Waals surface area contributed by atoms with Crippen LogP contribution in [0.1, 0.15) is 143 Å². The summed E-state index contributed by atoms with van der Waals surface area (Å²) in [5, 5.41) is 40.1. The van der Waals surface area contributed by atoms with E-state index >= 15 is 0 Å². The summed E-state index contributed by atoms with van der Waals surface area (Å²) >= 11 is 1.37. The molecule has 536 valence electrons. The second-order valence-corrected chi connectivity index (χ2v) is 29.6. The fraction of sp³-hybridized carbons (Fsp3) is 0.432. The van der Waals surface area contributed by atoms with E-state index in [1.165, 1.54) is 28.4 Å². The number of carbonyl (C=O) groups is 10. The third-order valence-corrected chi connectivity index (χ3v) is 20.6. The second kappa shape index (κ2) is 30.8. The quantitative estimate of drug-likeness (QED) is 0.0144. The maximum atomic E-state index is 13.9. The number of aliphatic carboxylic acids is 1. The third-order valence-electron chi connectivity index (χ3n) is 19.7. The second-order valence-electron chi connectivity index (χ2n) is 28.6. The Balaban J connectivity index is 0.700. The number of carboxylic acids is 2. The Kier molecular flexibility index (Phi) is 22.0. The number of carboxylic acid groups (broad SMARTS) is 2. The molecule has 4 bridgehead atoms. The molecule has 4 atom stereocenters. The van der Waals surface area contributed by atoms with Crippen molar-refractivity contribution in [1.29, 1.82) is 0 Å². The zero-order valence-electron chi connectivity index (χ0n) is 57.7. The van der Waals surface area contributed by atoms with E-state index in [0.717, 1.165) is 52.9 Å². The topological polar surface area (TPSA) is 379 Å². The highest BCUT2D eigenvalue weighted by atomic mass is 32.1. The van der Waals surface area contributed by atoms with Gasteiger partial charge in [-0.25, -0.2) is 24.4 Å². The SMILES string of the molecule is Cc1c(-c2ccc(-c3cnc4cccc(C(=O)Nc5nc6ccccc6s5)c4c3)nc2C(=O)O)cnn1CC12CC3(C)CC(C)(C1)CC(OCCN(CCC(=O)O)C(=O)OCc1ccc(NC(=O)[C@H](CCCNC(N)=O)NC(=O)C(NC(=O)CCCCCN4C(=O)C=CC4=O)C(C)C)cc1)(C3)C2. The van der Waals surface area contributed by atoms with Crippen LogP contribution in [0, 0.1) is 29.1 Å². The van der Waals surface area contributed by atoms with Gasteiger partial charge in [0.15, 0.2) is 10.8 Å². The number of nitrogens with two attached hydrogens (primary N) is 1. The van der Waals surface area contributed by atoms with Crippen LogP contribution in [0.25, 0.3) is 43.5 Å². The number of aromatic carboxylic acids is 1. The first-order valence-electron chi connectivity index (χ1n) is 34.3. The number of pyridine rings is 2. The number of primary amides is 1. The maximum Gasteiger partial charge on any atom is 0.410 e. The summed E-state index contributed by atoms with van der Waals surface area (Å²) in [6, 6.07) is 21.7. The van der Waals surface area contributed by atoms with E-state index in [-0.39, 0.29) is 117 Å². The Bertz CT molecular complexity index is 4370. The number of aromatic nitrogens is 5. The number of para-hydroxylation sites is 1. The zero-order chi connectivity index (χ0) is 72.7. The molecular formula is C74H85N13O14S. The first-order chi connectivity index (χ1) is 48.7. The molecule has 9 N–H and O–H groups in total. The number of hydrogen-bond donors (Lipinski definition) is 8. The number of benzene rings is 3. The predicted octanol–water partition coefficient (Wildman–Crippen LogP) is 9.78. The number of imide groups is 1. The number of ether oxygens (including phenoxy) is 2. The molecule has 9 amide bonds. The van der Waals surface area contributed by atoms with Gasteiger partial charge in [-0.15, -0.1) is 0 Å². The van der Waals surface area contributed by atoms with Gasteiger partial charge < -0.3 is 51.6 Å². The molecule has 4 saturated carbocycles. The molecule has 102 heavy (non-hydrogen) atoms. The summed E-state index contributed by atoms with van der Waals surface area (Å²) < 4.78 is 15.7. The summed E-state index contributed by atoms with van der Waals surface area (Å²) in [7, 11) is 0. The maximum absolute atomic E-state index is 13.9. The van der Waals surface area contributed by atoms with Crippen LogP contribution in [0.4, 0.5) is 20.4 Å². The molecule has 4 aromatic heterocycles. The first-order valence-corrected chi connectivity index (χ1v) is 35.2. The number of rotatable bonds is 32. The standard InChI is InChI=1S/C74H85N13O14S/c1-44(2)62(83-58(88)18-7-6-10-29-86-59(89)25-26-60(86)90)66(95)81-56(16-12-28-76-68(75)98)65(94)79-48-21-19-46(20-22-48)36-100-70(99)85(30-27-61(91)92)31-32-101-74-40-71(4)37-72(5,41-74)39-73(38-71,42-74)43-87-45(3)52(35-78-87)49-23-24-53(80-63(49)67(96)97)47-33-51-50(13-11-15-54(51)77-34-47)64(93)84-69-82-55-14-8-9-17-57(55)102-69/h8-9,11,13-15,17,19-26,33-35,44,56,62H,6-7,10,12,16,18,27-32,36-43H2,1-5H3,(H,79,94)(H,81,95)(H,83,88)(H,91,92)(H,96,97)(H3,75,76,98)(H,82,84,93)/t56-,62?,71?,72?,73?,74?/m0/s1. The van der Waals surface area contributed by atoms with Crippen molar-refractivity contribution in [3.8, 4) is 22.4 Å². The highest BCUT2D eigenvalue weighted by Gasteiger charge is 2.66. The largest absolute Gasteiger partial charge is 0.481 e. The number of unbranched alkanes of at least 4 members (excludes halogenated alkanes) is 2. The minimum atomic E-state index is -1.23. The molecule has 4 fully saturated rings. The van der Waals surface area contributed by atoms with E-state index in [9.17, 15) is 58.2 Å². The number of hydrogen-bond acceptors (Lipinski definition) is 17. The lowest BCUT2D eigenvalue weighted by atomic mass is 9.39. The molecule has 7 aromatic rings. The van der Waals surface area contributed by atoms with Crippen LogP contribution in [-0.2, 0) is 51.4 Å².